The molecular formula is C21H20F3N6P. The highest BCUT2D eigenvalue weighted by Gasteiger charge is 2.35. The van der Waals surface area contributed by atoms with Gasteiger partial charge in [0, 0.05) is 36.2 Å². The summed E-state index contributed by atoms with van der Waals surface area (Å²) < 4.78 is 42.5. The molecule has 2 heterocycles. The monoisotopic (exact) mass is 444 g/mol. The summed E-state index contributed by atoms with van der Waals surface area (Å²) in [5, 5.41) is 12.1. The fraction of sp³-hybridized carbons (Fsp3) is 0.190. The molecular weight excluding hydrogens is 424 g/mol. The van der Waals surface area contributed by atoms with Crippen LogP contribution in [-0.2, 0) is 13.2 Å². The lowest BCUT2D eigenvalue weighted by Crippen LogP contribution is -2.15. The lowest BCUT2D eigenvalue weighted by atomic mass is 10.2. The first kappa shape index (κ1) is 21.1. The highest BCUT2D eigenvalue weighted by atomic mass is 31.1. The Morgan fingerprint density at radius 2 is 1.81 bits per heavy atom. The Bertz CT molecular complexity index is 1240. The quantitative estimate of drug-likeness (QED) is 0.413. The largest absolute Gasteiger partial charge is 0.421 e. The lowest BCUT2D eigenvalue weighted by Gasteiger charge is -2.18. The Kier molecular flexibility index (Phi) is 5.54. The van der Waals surface area contributed by atoms with Crippen molar-refractivity contribution >= 4 is 47.3 Å². The molecule has 0 amide bonds. The molecule has 0 atom stereocenters. The second kappa shape index (κ2) is 8.15. The second-order valence-corrected chi connectivity index (χ2v) is 9.46. The summed E-state index contributed by atoms with van der Waals surface area (Å²) in [5.74, 6) is -0.244. The normalized spacial score (nSPS) is 11.8. The topological polar surface area (TPSA) is 67.7 Å². The molecule has 2 N–H and O–H groups in total. The molecule has 0 aliphatic heterocycles. The summed E-state index contributed by atoms with van der Waals surface area (Å²) in [6.45, 7) is 4.09. The molecule has 160 valence electrons. The van der Waals surface area contributed by atoms with E-state index in [1.807, 2.05) is 44.8 Å². The van der Waals surface area contributed by atoms with Gasteiger partial charge in [0.05, 0.1) is 5.52 Å². The van der Waals surface area contributed by atoms with Crippen molar-refractivity contribution in [1.29, 1.82) is 0 Å². The average molecular weight is 444 g/mol. The number of para-hydroxylation sites is 1. The van der Waals surface area contributed by atoms with E-state index in [0.29, 0.717) is 11.4 Å². The molecule has 2 aromatic heterocycles. The van der Waals surface area contributed by atoms with Gasteiger partial charge in [-0.15, -0.1) is 0 Å². The maximum atomic E-state index is 13.6. The van der Waals surface area contributed by atoms with Gasteiger partial charge in [-0.25, -0.2) is 4.98 Å². The van der Waals surface area contributed by atoms with Gasteiger partial charge in [-0.2, -0.15) is 23.3 Å². The minimum Gasteiger partial charge on any atom is -0.339 e. The zero-order chi connectivity index (χ0) is 22.2. The molecule has 0 unspecified atom stereocenters. The van der Waals surface area contributed by atoms with Crippen LogP contribution in [0.4, 0.5) is 36.3 Å². The van der Waals surface area contributed by atoms with Crippen molar-refractivity contribution in [1.82, 2.24) is 19.7 Å². The molecule has 10 heteroatoms. The Labute approximate surface area is 178 Å². The molecule has 0 fully saturated rings. The van der Waals surface area contributed by atoms with Crippen LogP contribution in [0.3, 0.4) is 0 Å². The van der Waals surface area contributed by atoms with Gasteiger partial charge in [-0.05, 0) is 42.9 Å². The predicted molar refractivity (Wildman–Crippen MR) is 119 cm³/mol. The van der Waals surface area contributed by atoms with E-state index in [9.17, 15) is 13.2 Å². The van der Waals surface area contributed by atoms with Crippen molar-refractivity contribution in [3.8, 4) is 0 Å². The van der Waals surface area contributed by atoms with Crippen LogP contribution in [-0.4, -0.2) is 33.1 Å². The summed E-state index contributed by atoms with van der Waals surface area (Å²) in [6, 6.07) is 12.8. The van der Waals surface area contributed by atoms with Crippen molar-refractivity contribution in [2.24, 2.45) is 7.05 Å². The third-order valence-corrected chi connectivity index (χ3v) is 5.96. The molecule has 0 spiro atoms. The third kappa shape index (κ3) is 4.61. The highest BCUT2D eigenvalue weighted by Crippen LogP contribution is 2.36. The van der Waals surface area contributed by atoms with Gasteiger partial charge in [-0.1, -0.05) is 26.1 Å². The van der Waals surface area contributed by atoms with Crippen LogP contribution in [0.25, 0.3) is 10.9 Å². The van der Waals surface area contributed by atoms with Crippen molar-refractivity contribution in [2.45, 2.75) is 6.18 Å². The SMILES string of the molecule is Cn1cc2ccc(Nc3ncc(C(F)(F)F)c(Nc4ccccc4P(C)C)n3)cc2n1. The average Bonchev–Trinajstić information content (AvgIpc) is 3.07. The third-order valence-electron chi connectivity index (χ3n) is 4.61. The van der Waals surface area contributed by atoms with Gasteiger partial charge in [-0.3, -0.25) is 4.68 Å². The van der Waals surface area contributed by atoms with E-state index in [4.69, 9.17) is 0 Å². The Morgan fingerprint density at radius 1 is 1.03 bits per heavy atom. The molecule has 31 heavy (non-hydrogen) atoms. The Morgan fingerprint density at radius 3 is 2.55 bits per heavy atom. The molecule has 0 saturated heterocycles. The van der Waals surface area contributed by atoms with E-state index >= 15 is 0 Å². The number of alkyl halides is 3. The summed E-state index contributed by atoms with van der Waals surface area (Å²) >= 11 is 0. The van der Waals surface area contributed by atoms with Crippen molar-refractivity contribution in [3.05, 3.63) is 60.4 Å². The minimum atomic E-state index is -4.59. The predicted octanol–water partition coefficient (Wildman–Crippen LogP) is 5.24. The number of hydrogen-bond acceptors (Lipinski definition) is 5. The van der Waals surface area contributed by atoms with Crippen LogP contribution in [0.5, 0.6) is 0 Å². The van der Waals surface area contributed by atoms with Gasteiger partial charge in [0.15, 0.2) is 0 Å². The summed E-state index contributed by atoms with van der Waals surface area (Å²) in [4.78, 5) is 8.03. The van der Waals surface area contributed by atoms with E-state index in [-0.39, 0.29) is 11.8 Å². The molecule has 0 bridgehead atoms. The smallest absolute Gasteiger partial charge is 0.339 e. The number of halogens is 3. The number of benzene rings is 2. The number of anilines is 4. The maximum absolute atomic E-state index is 13.6. The van der Waals surface area contributed by atoms with Gasteiger partial charge in [0.1, 0.15) is 11.4 Å². The molecule has 4 aromatic rings. The van der Waals surface area contributed by atoms with E-state index in [1.165, 1.54) is 0 Å². The number of fused-ring (bicyclic) bond motifs is 1. The standard InChI is InChI=1S/C21H20F3N6P/c1-30-12-13-8-9-14(10-17(13)29-30)26-20-25-11-15(21(22,23)24)19(28-20)27-16-6-4-5-7-18(16)31(2)3/h4-12H,1-3H3,(H2,25,26,27,28). The molecule has 6 nitrogen and oxygen atoms in total. The van der Waals surface area contributed by atoms with Gasteiger partial charge in [0.2, 0.25) is 5.95 Å². The molecule has 0 aliphatic carbocycles. The van der Waals surface area contributed by atoms with Crippen molar-refractivity contribution < 1.29 is 13.2 Å². The van der Waals surface area contributed by atoms with E-state index < -0.39 is 19.7 Å². The van der Waals surface area contributed by atoms with E-state index in [0.717, 1.165) is 22.4 Å². The zero-order valence-corrected chi connectivity index (χ0v) is 18.0. The van der Waals surface area contributed by atoms with E-state index in [1.54, 1.807) is 28.9 Å². The molecule has 0 aliphatic rings. The number of nitrogens with one attached hydrogen (secondary N) is 2. The van der Waals surface area contributed by atoms with Gasteiger partial charge in [0.25, 0.3) is 0 Å². The number of hydrogen-bond donors (Lipinski definition) is 2. The first-order valence-corrected chi connectivity index (χ1v) is 11.6. The fourth-order valence-electron chi connectivity index (χ4n) is 3.19. The fourth-order valence-corrected chi connectivity index (χ4v) is 4.18. The molecule has 2 aromatic carbocycles. The van der Waals surface area contributed by atoms with Crippen molar-refractivity contribution in [2.75, 3.05) is 24.0 Å². The number of aryl methyl sites for hydroxylation is 1. The number of nitrogens with zero attached hydrogens (tertiary/aromatic N) is 4. The second-order valence-electron chi connectivity index (χ2n) is 7.19. The van der Waals surface area contributed by atoms with Gasteiger partial charge < -0.3 is 10.6 Å². The van der Waals surface area contributed by atoms with Crippen LogP contribution < -0.4 is 15.9 Å². The van der Waals surface area contributed by atoms with Crippen LogP contribution in [0.1, 0.15) is 5.56 Å². The van der Waals surface area contributed by atoms with Crippen LogP contribution >= 0.6 is 7.92 Å². The van der Waals surface area contributed by atoms with Gasteiger partial charge >= 0.3 is 6.18 Å². The van der Waals surface area contributed by atoms with Crippen LogP contribution in [0.2, 0.25) is 0 Å². The molecule has 0 radical (unpaired) electrons. The number of aromatic nitrogens is 4. The molecule has 0 saturated carbocycles. The van der Waals surface area contributed by atoms with Crippen molar-refractivity contribution in [3.63, 3.8) is 0 Å². The first-order valence-electron chi connectivity index (χ1n) is 9.39. The lowest BCUT2D eigenvalue weighted by molar-refractivity contribution is -0.137. The summed E-state index contributed by atoms with van der Waals surface area (Å²) in [7, 11) is 1.30. The minimum absolute atomic E-state index is 0.0542. The zero-order valence-electron chi connectivity index (χ0n) is 17.1. The molecule has 4 rings (SSSR count). The van der Waals surface area contributed by atoms with Crippen LogP contribution in [0, 0.1) is 0 Å². The first-order chi connectivity index (χ1) is 14.7. The highest BCUT2D eigenvalue weighted by molar-refractivity contribution is 7.64. The Hall–Kier alpha value is -3.19. The number of rotatable bonds is 5. The van der Waals surface area contributed by atoms with E-state index in [2.05, 4.69) is 25.7 Å². The summed E-state index contributed by atoms with van der Waals surface area (Å²) in [5.41, 5.74) is 1.06. The van der Waals surface area contributed by atoms with Crippen LogP contribution in [0.15, 0.2) is 54.9 Å². The Balaban J connectivity index is 1.70. The summed E-state index contributed by atoms with van der Waals surface area (Å²) in [6.07, 6.45) is -1.92. The maximum Gasteiger partial charge on any atom is 0.421 e.